The van der Waals surface area contributed by atoms with Crippen LogP contribution in [0.1, 0.15) is 31.9 Å². The number of carbonyl (C=O) groups is 2. The summed E-state index contributed by atoms with van der Waals surface area (Å²) in [5.74, 6) is -0.0527. The zero-order chi connectivity index (χ0) is 15.3. The average molecular weight is 276 g/mol. The van der Waals surface area contributed by atoms with Gasteiger partial charge in [0.15, 0.2) is 0 Å². The fourth-order valence-electron chi connectivity index (χ4n) is 1.86. The Morgan fingerprint density at radius 3 is 2.35 bits per heavy atom. The van der Waals surface area contributed by atoms with Crippen LogP contribution in [-0.4, -0.2) is 24.9 Å². The predicted octanol–water partition coefficient (Wildman–Crippen LogP) is 2.43. The van der Waals surface area contributed by atoms with Gasteiger partial charge in [-0.1, -0.05) is 19.9 Å². The van der Waals surface area contributed by atoms with E-state index in [2.05, 4.69) is 5.32 Å². The molecular formula is C16H24N2O2. The van der Waals surface area contributed by atoms with Gasteiger partial charge in [0.2, 0.25) is 11.8 Å². The number of carbonyl (C=O) groups excluding carboxylic acids is 2. The van der Waals surface area contributed by atoms with Crippen LogP contribution in [0, 0.1) is 19.8 Å². The van der Waals surface area contributed by atoms with E-state index >= 15 is 0 Å². The van der Waals surface area contributed by atoms with Crippen LogP contribution in [0.3, 0.4) is 0 Å². The second-order valence-corrected chi connectivity index (χ2v) is 5.38. The SMILES string of the molecule is CC(=O)N(CCNC(=O)C(C)C)c1ccc(C)c(C)c1. The first kappa shape index (κ1) is 16.2. The van der Waals surface area contributed by atoms with E-state index in [-0.39, 0.29) is 17.7 Å². The van der Waals surface area contributed by atoms with Crippen LogP contribution in [0.4, 0.5) is 5.69 Å². The van der Waals surface area contributed by atoms with Crippen molar-refractivity contribution in [3.8, 4) is 0 Å². The van der Waals surface area contributed by atoms with Gasteiger partial charge in [-0.25, -0.2) is 0 Å². The zero-order valence-electron chi connectivity index (χ0n) is 13.0. The minimum Gasteiger partial charge on any atom is -0.354 e. The zero-order valence-corrected chi connectivity index (χ0v) is 13.0. The highest BCUT2D eigenvalue weighted by atomic mass is 16.2. The first-order valence-electron chi connectivity index (χ1n) is 6.96. The van der Waals surface area contributed by atoms with Gasteiger partial charge in [-0.15, -0.1) is 0 Å². The third-order valence-electron chi connectivity index (χ3n) is 3.34. The minimum atomic E-state index is -0.0394. The number of anilines is 1. The van der Waals surface area contributed by atoms with E-state index in [1.54, 1.807) is 11.8 Å². The molecule has 0 aliphatic carbocycles. The number of nitrogens with one attached hydrogen (secondary N) is 1. The quantitative estimate of drug-likeness (QED) is 0.898. The largest absolute Gasteiger partial charge is 0.354 e. The smallest absolute Gasteiger partial charge is 0.223 e. The molecule has 0 atom stereocenters. The van der Waals surface area contributed by atoms with E-state index in [9.17, 15) is 9.59 Å². The summed E-state index contributed by atoms with van der Waals surface area (Å²) in [7, 11) is 0. The number of rotatable bonds is 5. The monoisotopic (exact) mass is 276 g/mol. The standard InChI is InChI=1S/C16H24N2O2/c1-11(2)16(20)17-8-9-18(14(5)19)15-7-6-12(3)13(4)10-15/h6-7,10-11H,8-9H2,1-5H3,(H,17,20). The summed E-state index contributed by atoms with van der Waals surface area (Å²) in [4.78, 5) is 25.0. The molecule has 1 rings (SSSR count). The molecule has 0 unspecified atom stereocenters. The van der Waals surface area contributed by atoms with Crippen molar-refractivity contribution in [1.29, 1.82) is 0 Å². The van der Waals surface area contributed by atoms with Crippen molar-refractivity contribution in [2.24, 2.45) is 5.92 Å². The average Bonchev–Trinajstić information content (AvgIpc) is 2.37. The van der Waals surface area contributed by atoms with Crippen LogP contribution < -0.4 is 10.2 Å². The normalized spacial score (nSPS) is 10.5. The van der Waals surface area contributed by atoms with Gasteiger partial charge < -0.3 is 10.2 Å². The summed E-state index contributed by atoms with van der Waals surface area (Å²) in [5.41, 5.74) is 3.23. The lowest BCUT2D eigenvalue weighted by Gasteiger charge is -2.22. The number of benzene rings is 1. The lowest BCUT2D eigenvalue weighted by atomic mass is 10.1. The Balaban J connectivity index is 2.72. The van der Waals surface area contributed by atoms with Crippen molar-refractivity contribution in [2.75, 3.05) is 18.0 Å². The van der Waals surface area contributed by atoms with Crippen LogP contribution in [0.5, 0.6) is 0 Å². The van der Waals surface area contributed by atoms with E-state index in [1.807, 2.05) is 45.9 Å². The highest BCUT2D eigenvalue weighted by Crippen LogP contribution is 2.18. The molecule has 0 heterocycles. The van der Waals surface area contributed by atoms with Crippen molar-refractivity contribution in [3.05, 3.63) is 29.3 Å². The molecule has 0 aliphatic rings. The second kappa shape index (κ2) is 7.08. The molecule has 1 N–H and O–H groups in total. The van der Waals surface area contributed by atoms with Crippen molar-refractivity contribution in [1.82, 2.24) is 5.32 Å². The Morgan fingerprint density at radius 1 is 1.20 bits per heavy atom. The van der Waals surface area contributed by atoms with Gasteiger partial charge in [0, 0.05) is 31.6 Å². The minimum absolute atomic E-state index is 0.00795. The first-order valence-corrected chi connectivity index (χ1v) is 6.96. The third-order valence-corrected chi connectivity index (χ3v) is 3.34. The number of hydrogen-bond acceptors (Lipinski definition) is 2. The Hall–Kier alpha value is -1.84. The van der Waals surface area contributed by atoms with Gasteiger partial charge in [-0.2, -0.15) is 0 Å². The van der Waals surface area contributed by atoms with E-state index in [1.165, 1.54) is 5.56 Å². The molecule has 110 valence electrons. The van der Waals surface area contributed by atoms with E-state index < -0.39 is 0 Å². The van der Waals surface area contributed by atoms with E-state index in [0.29, 0.717) is 13.1 Å². The van der Waals surface area contributed by atoms with E-state index in [0.717, 1.165) is 11.3 Å². The molecule has 0 aliphatic heterocycles. The molecule has 4 nitrogen and oxygen atoms in total. The molecule has 0 radical (unpaired) electrons. The molecule has 0 spiro atoms. The maximum atomic E-state index is 11.8. The predicted molar refractivity (Wildman–Crippen MR) is 81.8 cm³/mol. The van der Waals surface area contributed by atoms with Crippen LogP contribution >= 0.6 is 0 Å². The second-order valence-electron chi connectivity index (χ2n) is 5.38. The summed E-state index contributed by atoms with van der Waals surface area (Å²) < 4.78 is 0. The van der Waals surface area contributed by atoms with E-state index in [4.69, 9.17) is 0 Å². The lowest BCUT2D eigenvalue weighted by Crippen LogP contribution is -2.38. The third kappa shape index (κ3) is 4.37. The molecule has 4 heteroatoms. The van der Waals surface area contributed by atoms with Gasteiger partial charge in [-0.3, -0.25) is 9.59 Å². The van der Waals surface area contributed by atoms with Crippen LogP contribution in [0.25, 0.3) is 0 Å². The topological polar surface area (TPSA) is 49.4 Å². The van der Waals surface area contributed by atoms with Gasteiger partial charge in [0.1, 0.15) is 0 Å². The Kier molecular flexibility index (Phi) is 5.74. The Morgan fingerprint density at radius 2 is 1.85 bits per heavy atom. The fourth-order valence-corrected chi connectivity index (χ4v) is 1.86. The van der Waals surface area contributed by atoms with Gasteiger partial charge >= 0.3 is 0 Å². The van der Waals surface area contributed by atoms with Gasteiger partial charge in [-0.05, 0) is 37.1 Å². The van der Waals surface area contributed by atoms with Crippen molar-refractivity contribution in [2.45, 2.75) is 34.6 Å². The summed E-state index contributed by atoms with van der Waals surface area (Å²) in [5, 5.41) is 2.83. The molecule has 20 heavy (non-hydrogen) atoms. The van der Waals surface area contributed by atoms with Crippen LogP contribution in [-0.2, 0) is 9.59 Å². The highest BCUT2D eigenvalue weighted by molar-refractivity contribution is 5.91. The Labute approximate surface area is 121 Å². The Bertz CT molecular complexity index is 495. The highest BCUT2D eigenvalue weighted by Gasteiger charge is 2.13. The summed E-state index contributed by atoms with van der Waals surface area (Å²) in [6.45, 7) is 10.2. The molecule has 1 aromatic rings. The molecule has 2 amide bonds. The molecule has 1 aromatic carbocycles. The molecule has 0 aromatic heterocycles. The van der Waals surface area contributed by atoms with Crippen molar-refractivity contribution >= 4 is 17.5 Å². The summed E-state index contributed by atoms with van der Waals surface area (Å²) in [6.07, 6.45) is 0. The molecular weight excluding hydrogens is 252 g/mol. The number of hydrogen-bond donors (Lipinski definition) is 1. The molecule has 0 saturated carbocycles. The van der Waals surface area contributed by atoms with Gasteiger partial charge in [0.05, 0.1) is 0 Å². The van der Waals surface area contributed by atoms with Crippen LogP contribution in [0.15, 0.2) is 18.2 Å². The lowest BCUT2D eigenvalue weighted by molar-refractivity contribution is -0.124. The summed E-state index contributed by atoms with van der Waals surface area (Å²) in [6, 6.07) is 5.95. The maximum absolute atomic E-state index is 11.8. The van der Waals surface area contributed by atoms with Crippen molar-refractivity contribution < 1.29 is 9.59 Å². The number of nitrogens with zero attached hydrogens (tertiary/aromatic N) is 1. The first-order chi connectivity index (χ1) is 9.32. The van der Waals surface area contributed by atoms with Crippen LogP contribution in [0.2, 0.25) is 0 Å². The number of amides is 2. The van der Waals surface area contributed by atoms with Crippen molar-refractivity contribution in [3.63, 3.8) is 0 Å². The van der Waals surface area contributed by atoms with Gasteiger partial charge in [0.25, 0.3) is 0 Å². The fraction of sp³-hybridized carbons (Fsp3) is 0.500. The number of aryl methyl sites for hydroxylation is 2. The maximum Gasteiger partial charge on any atom is 0.223 e. The molecule has 0 bridgehead atoms. The molecule has 0 fully saturated rings. The summed E-state index contributed by atoms with van der Waals surface area (Å²) >= 11 is 0. The molecule has 0 saturated heterocycles.